The van der Waals surface area contributed by atoms with Crippen LogP contribution in [0.3, 0.4) is 0 Å². The molecule has 2 fully saturated rings. The molecular weight excluding hydrogens is 332 g/mol. The van der Waals surface area contributed by atoms with Gasteiger partial charge in [-0.25, -0.2) is 0 Å². The highest BCUT2D eigenvalue weighted by Crippen LogP contribution is 2.45. The number of aliphatic hydroxyl groups excluding tert-OH is 2. The van der Waals surface area contributed by atoms with Gasteiger partial charge in [-0.05, 0) is 37.5 Å². The van der Waals surface area contributed by atoms with E-state index in [0.717, 1.165) is 38.5 Å². The minimum absolute atomic E-state index is 0.0528. The van der Waals surface area contributed by atoms with Gasteiger partial charge in [0.05, 0.1) is 24.4 Å². The van der Waals surface area contributed by atoms with E-state index in [4.69, 9.17) is 9.84 Å². The molecule has 1 heterocycles. The molecule has 7 atom stereocenters. The van der Waals surface area contributed by atoms with E-state index in [9.17, 15) is 15.0 Å². The molecule has 1 saturated carbocycles. The zero-order valence-corrected chi connectivity index (χ0v) is 16.2. The topological polar surface area (TPSA) is 87.0 Å². The molecule has 0 bridgehead atoms. The minimum atomic E-state index is -0.741. The number of carbonyl (C=O) groups is 1. The summed E-state index contributed by atoms with van der Waals surface area (Å²) in [6.07, 6.45) is 10.8. The third-order valence-corrected chi connectivity index (χ3v) is 6.09. The van der Waals surface area contributed by atoms with Gasteiger partial charge >= 0.3 is 5.97 Å². The largest absolute Gasteiger partial charge is 0.481 e. The summed E-state index contributed by atoms with van der Waals surface area (Å²) >= 11 is 0. The van der Waals surface area contributed by atoms with E-state index in [2.05, 4.69) is 13.8 Å². The third-order valence-electron chi connectivity index (χ3n) is 6.09. The van der Waals surface area contributed by atoms with Gasteiger partial charge in [0.2, 0.25) is 0 Å². The van der Waals surface area contributed by atoms with Crippen LogP contribution in [0.4, 0.5) is 0 Å². The SMILES string of the molecule is CCCC[C@@H](C)[C@H](O)C=C[C@@H]1[C@H]2CC(CCCCC(=O)O)O[C@@H]2C[C@H]1O. The van der Waals surface area contributed by atoms with Crippen molar-refractivity contribution in [1.82, 2.24) is 0 Å². The normalized spacial score (nSPS) is 33.5. The number of unbranched alkanes of at least 4 members (excludes halogenated alkanes) is 2. The maximum atomic E-state index is 10.6. The molecule has 2 aliphatic rings. The van der Waals surface area contributed by atoms with Gasteiger partial charge in [-0.15, -0.1) is 0 Å². The van der Waals surface area contributed by atoms with Crippen LogP contribution < -0.4 is 0 Å². The van der Waals surface area contributed by atoms with E-state index in [0.29, 0.717) is 18.8 Å². The molecule has 1 aliphatic heterocycles. The van der Waals surface area contributed by atoms with Crippen LogP contribution in [-0.4, -0.2) is 45.7 Å². The quantitative estimate of drug-likeness (QED) is 0.384. The number of carboxylic acid groups (broad SMARTS) is 1. The monoisotopic (exact) mass is 368 g/mol. The van der Waals surface area contributed by atoms with Crippen LogP contribution in [0, 0.1) is 17.8 Å². The fourth-order valence-corrected chi connectivity index (χ4v) is 4.41. The number of fused-ring (bicyclic) bond motifs is 1. The molecule has 5 nitrogen and oxygen atoms in total. The van der Waals surface area contributed by atoms with E-state index in [1.807, 2.05) is 12.2 Å². The molecule has 150 valence electrons. The lowest BCUT2D eigenvalue weighted by molar-refractivity contribution is -0.137. The van der Waals surface area contributed by atoms with Crippen molar-refractivity contribution < 1.29 is 24.9 Å². The van der Waals surface area contributed by atoms with E-state index in [-0.39, 0.29) is 30.5 Å². The molecule has 0 aromatic rings. The lowest BCUT2D eigenvalue weighted by Crippen LogP contribution is -2.21. The second-order valence-corrected chi connectivity index (χ2v) is 8.21. The highest BCUT2D eigenvalue weighted by Gasteiger charge is 2.47. The average Bonchev–Trinajstić information content (AvgIpc) is 3.10. The number of hydrogen-bond donors (Lipinski definition) is 3. The standard InChI is InChI=1S/C21H36O5/c1-3-4-7-14(2)18(22)11-10-16-17-12-15(8-5-6-9-21(24)25)26-20(17)13-19(16)23/h10-11,14-20,22-23H,3-9,12-13H2,1-2H3,(H,24,25)/t14-,15?,16-,17-,18-,19-,20-/m1/s1. The van der Waals surface area contributed by atoms with Crippen LogP contribution in [0.2, 0.25) is 0 Å². The lowest BCUT2D eigenvalue weighted by atomic mass is 9.88. The summed E-state index contributed by atoms with van der Waals surface area (Å²) in [5.74, 6) is -0.141. The number of rotatable bonds is 11. The van der Waals surface area contributed by atoms with Crippen molar-refractivity contribution >= 4 is 5.97 Å². The maximum absolute atomic E-state index is 10.6. The Morgan fingerprint density at radius 3 is 2.73 bits per heavy atom. The fraction of sp³-hybridized carbons (Fsp3) is 0.857. The number of aliphatic hydroxyl groups is 2. The summed E-state index contributed by atoms with van der Waals surface area (Å²) in [5.41, 5.74) is 0. The Labute approximate surface area is 157 Å². The lowest BCUT2D eigenvalue weighted by Gasteiger charge is -2.19. The molecule has 3 N–H and O–H groups in total. The Morgan fingerprint density at radius 1 is 1.27 bits per heavy atom. The first-order valence-corrected chi connectivity index (χ1v) is 10.3. The van der Waals surface area contributed by atoms with Crippen LogP contribution >= 0.6 is 0 Å². The summed E-state index contributed by atoms with van der Waals surface area (Å²) < 4.78 is 6.10. The summed E-state index contributed by atoms with van der Waals surface area (Å²) in [5, 5.41) is 29.4. The highest BCUT2D eigenvalue weighted by molar-refractivity contribution is 5.66. The summed E-state index contributed by atoms with van der Waals surface area (Å²) in [6, 6.07) is 0. The van der Waals surface area contributed by atoms with Crippen molar-refractivity contribution in [2.45, 2.75) is 96.1 Å². The number of hydrogen-bond acceptors (Lipinski definition) is 4. The second-order valence-electron chi connectivity index (χ2n) is 8.21. The van der Waals surface area contributed by atoms with Crippen molar-refractivity contribution in [2.75, 3.05) is 0 Å². The zero-order valence-electron chi connectivity index (χ0n) is 16.2. The first kappa shape index (κ1) is 21.4. The molecule has 2 rings (SSSR count). The summed E-state index contributed by atoms with van der Waals surface area (Å²) in [4.78, 5) is 10.6. The van der Waals surface area contributed by atoms with E-state index in [1.54, 1.807) is 0 Å². The Hall–Kier alpha value is -0.910. The van der Waals surface area contributed by atoms with Gasteiger partial charge in [0, 0.05) is 18.8 Å². The number of ether oxygens (including phenoxy) is 1. The predicted octanol–water partition coefficient (Wildman–Crippen LogP) is 3.53. The molecule has 0 aromatic heterocycles. The first-order valence-electron chi connectivity index (χ1n) is 10.3. The zero-order chi connectivity index (χ0) is 19.1. The van der Waals surface area contributed by atoms with Gasteiger partial charge < -0.3 is 20.1 Å². The summed E-state index contributed by atoms with van der Waals surface area (Å²) in [6.45, 7) is 4.23. The summed E-state index contributed by atoms with van der Waals surface area (Å²) in [7, 11) is 0. The van der Waals surface area contributed by atoms with Crippen molar-refractivity contribution in [3.05, 3.63) is 12.2 Å². The Bertz CT molecular complexity index is 463. The number of carboxylic acids is 1. The van der Waals surface area contributed by atoms with E-state index >= 15 is 0 Å². The molecule has 26 heavy (non-hydrogen) atoms. The van der Waals surface area contributed by atoms with Gasteiger partial charge in [0.1, 0.15) is 0 Å². The first-order chi connectivity index (χ1) is 12.4. The van der Waals surface area contributed by atoms with Crippen molar-refractivity contribution in [3.63, 3.8) is 0 Å². The molecular formula is C21H36O5. The molecule has 1 saturated heterocycles. The van der Waals surface area contributed by atoms with Crippen molar-refractivity contribution in [2.24, 2.45) is 17.8 Å². The van der Waals surface area contributed by atoms with Gasteiger partial charge in [-0.2, -0.15) is 0 Å². The van der Waals surface area contributed by atoms with Crippen LogP contribution in [0.25, 0.3) is 0 Å². The van der Waals surface area contributed by atoms with Gasteiger partial charge in [0.25, 0.3) is 0 Å². The molecule has 0 aromatic carbocycles. The Kier molecular flexibility index (Phi) is 8.58. The van der Waals surface area contributed by atoms with Crippen LogP contribution in [-0.2, 0) is 9.53 Å². The highest BCUT2D eigenvalue weighted by atomic mass is 16.5. The van der Waals surface area contributed by atoms with Crippen LogP contribution in [0.5, 0.6) is 0 Å². The third kappa shape index (κ3) is 6.07. The molecule has 0 spiro atoms. The van der Waals surface area contributed by atoms with Crippen molar-refractivity contribution in [1.29, 1.82) is 0 Å². The number of aliphatic carboxylic acids is 1. The van der Waals surface area contributed by atoms with Crippen LogP contribution in [0.15, 0.2) is 12.2 Å². The second kappa shape index (κ2) is 10.4. The van der Waals surface area contributed by atoms with Crippen molar-refractivity contribution in [3.8, 4) is 0 Å². The van der Waals surface area contributed by atoms with E-state index in [1.165, 1.54) is 0 Å². The van der Waals surface area contributed by atoms with Gasteiger partial charge in [-0.3, -0.25) is 4.79 Å². The fourth-order valence-electron chi connectivity index (χ4n) is 4.41. The molecule has 5 heteroatoms. The Balaban J connectivity index is 1.80. The average molecular weight is 369 g/mol. The molecule has 1 unspecified atom stereocenters. The van der Waals surface area contributed by atoms with Crippen LogP contribution in [0.1, 0.15) is 71.6 Å². The van der Waals surface area contributed by atoms with E-state index < -0.39 is 18.2 Å². The molecule has 0 radical (unpaired) electrons. The maximum Gasteiger partial charge on any atom is 0.303 e. The van der Waals surface area contributed by atoms with Gasteiger partial charge in [0.15, 0.2) is 0 Å². The predicted molar refractivity (Wildman–Crippen MR) is 101 cm³/mol. The smallest absolute Gasteiger partial charge is 0.303 e. The minimum Gasteiger partial charge on any atom is -0.481 e. The molecule has 0 amide bonds. The molecule has 1 aliphatic carbocycles. The Morgan fingerprint density at radius 2 is 2.04 bits per heavy atom. The van der Waals surface area contributed by atoms with Gasteiger partial charge in [-0.1, -0.05) is 45.3 Å².